The van der Waals surface area contributed by atoms with E-state index >= 15 is 0 Å². The third-order valence-electron chi connectivity index (χ3n) is 3.96. The van der Waals surface area contributed by atoms with Crippen LogP contribution in [0.2, 0.25) is 0 Å². The molecule has 8 nitrogen and oxygen atoms in total. The van der Waals surface area contributed by atoms with E-state index in [9.17, 15) is 9.59 Å². The highest BCUT2D eigenvalue weighted by molar-refractivity contribution is 7.99. The van der Waals surface area contributed by atoms with Gasteiger partial charge in [-0.25, -0.2) is 0 Å². The molecule has 0 aliphatic rings. The van der Waals surface area contributed by atoms with Crippen LogP contribution in [0.5, 0.6) is 0 Å². The molecular formula is C18H22N6O2S. The summed E-state index contributed by atoms with van der Waals surface area (Å²) in [6.45, 7) is 9.65. The summed E-state index contributed by atoms with van der Waals surface area (Å²) in [5.74, 6) is 0.260. The first-order chi connectivity index (χ1) is 12.6. The van der Waals surface area contributed by atoms with E-state index in [1.807, 2.05) is 52.8 Å². The number of carbonyl (C=O) groups is 1. The molecule has 142 valence electrons. The number of amides is 1. The first-order valence-corrected chi connectivity index (χ1v) is 9.50. The zero-order chi connectivity index (χ0) is 19.8. The Morgan fingerprint density at radius 1 is 1.26 bits per heavy atom. The molecule has 0 spiro atoms. The van der Waals surface area contributed by atoms with Crippen LogP contribution in [0.3, 0.4) is 0 Å². The van der Waals surface area contributed by atoms with Gasteiger partial charge in [-0.05, 0) is 31.0 Å². The van der Waals surface area contributed by atoms with Crippen molar-refractivity contribution < 1.29 is 4.79 Å². The minimum absolute atomic E-state index is 0.147. The SMILES string of the molecule is Cc1ccc(C)c(NC(=O)CSc2nnc3[nH]c(=O)c(C(C)(C)C)nn23)c1. The van der Waals surface area contributed by atoms with Crippen LogP contribution < -0.4 is 10.9 Å². The maximum Gasteiger partial charge on any atom is 0.274 e. The number of aromatic nitrogens is 5. The molecule has 2 aromatic heterocycles. The number of rotatable bonds is 4. The third kappa shape index (κ3) is 4.19. The molecule has 2 N–H and O–H groups in total. The van der Waals surface area contributed by atoms with Gasteiger partial charge in [0.15, 0.2) is 0 Å². The molecule has 27 heavy (non-hydrogen) atoms. The summed E-state index contributed by atoms with van der Waals surface area (Å²) in [5.41, 5.74) is 2.55. The molecular weight excluding hydrogens is 364 g/mol. The van der Waals surface area contributed by atoms with Gasteiger partial charge < -0.3 is 5.32 Å². The van der Waals surface area contributed by atoms with E-state index in [4.69, 9.17) is 0 Å². The number of aryl methyl sites for hydroxylation is 2. The Labute approximate surface area is 160 Å². The summed E-state index contributed by atoms with van der Waals surface area (Å²) in [7, 11) is 0. The molecule has 1 amide bonds. The van der Waals surface area contributed by atoms with Crippen LogP contribution in [0.15, 0.2) is 28.2 Å². The monoisotopic (exact) mass is 386 g/mol. The van der Waals surface area contributed by atoms with Gasteiger partial charge in [-0.1, -0.05) is 44.7 Å². The average Bonchev–Trinajstić information content (AvgIpc) is 2.96. The largest absolute Gasteiger partial charge is 0.325 e. The molecule has 0 atom stereocenters. The molecule has 3 aromatic rings. The summed E-state index contributed by atoms with van der Waals surface area (Å²) < 4.78 is 1.47. The molecule has 0 bridgehead atoms. The molecule has 9 heteroatoms. The van der Waals surface area contributed by atoms with Crippen molar-refractivity contribution in [3.8, 4) is 0 Å². The van der Waals surface area contributed by atoms with E-state index in [2.05, 4.69) is 25.6 Å². The lowest BCUT2D eigenvalue weighted by molar-refractivity contribution is -0.113. The van der Waals surface area contributed by atoms with Gasteiger partial charge in [-0.3, -0.25) is 14.6 Å². The standard InChI is InChI=1S/C18H22N6O2S/c1-10-6-7-11(2)12(8-10)19-13(25)9-27-17-22-21-16-20-15(26)14(18(3,4)5)23-24(16)17/h6-8H,9H2,1-5H3,(H,19,25)(H,20,21,26). The quantitative estimate of drug-likeness (QED) is 0.668. The summed E-state index contributed by atoms with van der Waals surface area (Å²) in [6.07, 6.45) is 0. The van der Waals surface area contributed by atoms with Gasteiger partial charge in [-0.15, -0.1) is 10.2 Å². The summed E-state index contributed by atoms with van der Waals surface area (Å²) in [6, 6.07) is 5.91. The Morgan fingerprint density at radius 2 is 2.00 bits per heavy atom. The summed E-state index contributed by atoms with van der Waals surface area (Å²) in [4.78, 5) is 27.2. The molecule has 3 rings (SSSR count). The maximum atomic E-state index is 12.3. The van der Waals surface area contributed by atoms with Gasteiger partial charge in [-0.2, -0.15) is 9.61 Å². The number of benzene rings is 1. The fraction of sp³-hybridized carbons (Fsp3) is 0.389. The Kier molecular flexibility index (Phi) is 5.05. The number of hydrogen-bond donors (Lipinski definition) is 2. The highest BCUT2D eigenvalue weighted by Crippen LogP contribution is 2.20. The molecule has 0 saturated carbocycles. The van der Waals surface area contributed by atoms with Crippen molar-refractivity contribution in [2.24, 2.45) is 0 Å². The van der Waals surface area contributed by atoms with Crippen molar-refractivity contribution in [1.82, 2.24) is 24.8 Å². The Balaban J connectivity index is 1.78. The van der Waals surface area contributed by atoms with E-state index in [1.54, 1.807) is 0 Å². The summed E-state index contributed by atoms with van der Waals surface area (Å²) in [5, 5.41) is 15.7. The molecule has 1 aromatic carbocycles. The lowest BCUT2D eigenvalue weighted by atomic mass is 9.93. The number of hydrogen-bond acceptors (Lipinski definition) is 6. The Morgan fingerprint density at radius 3 is 2.70 bits per heavy atom. The Bertz CT molecular complexity index is 1060. The minimum Gasteiger partial charge on any atom is -0.325 e. The topological polar surface area (TPSA) is 105 Å². The number of thioether (sulfide) groups is 1. The molecule has 2 heterocycles. The van der Waals surface area contributed by atoms with E-state index in [0.29, 0.717) is 10.9 Å². The summed E-state index contributed by atoms with van der Waals surface area (Å²) >= 11 is 1.21. The molecule has 0 radical (unpaired) electrons. The predicted molar refractivity (Wildman–Crippen MR) is 105 cm³/mol. The van der Waals surface area contributed by atoms with Crippen LogP contribution in [0.4, 0.5) is 5.69 Å². The van der Waals surface area contributed by atoms with Gasteiger partial charge in [0, 0.05) is 11.1 Å². The minimum atomic E-state index is -0.423. The van der Waals surface area contributed by atoms with Crippen molar-refractivity contribution in [2.75, 3.05) is 11.1 Å². The number of fused-ring (bicyclic) bond motifs is 1. The number of nitrogens with zero attached hydrogens (tertiary/aromatic N) is 4. The lowest BCUT2D eigenvalue weighted by Gasteiger charge is -2.15. The maximum absolute atomic E-state index is 12.3. The zero-order valence-electron chi connectivity index (χ0n) is 16.0. The highest BCUT2D eigenvalue weighted by atomic mass is 32.2. The molecule has 0 aliphatic heterocycles. The predicted octanol–water partition coefficient (Wildman–Crippen LogP) is 2.46. The highest BCUT2D eigenvalue weighted by Gasteiger charge is 2.22. The van der Waals surface area contributed by atoms with Crippen molar-refractivity contribution >= 4 is 29.1 Å². The normalized spacial score (nSPS) is 11.7. The van der Waals surface area contributed by atoms with Gasteiger partial charge in [0.2, 0.25) is 11.1 Å². The fourth-order valence-electron chi connectivity index (χ4n) is 2.51. The first kappa shape index (κ1) is 19.1. The second-order valence-electron chi connectivity index (χ2n) is 7.43. The van der Waals surface area contributed by atoms with Crippen molar-refractivity contribution in [3.63, 3.8) is 0 Å². The molecule has 0 aliphatic carbocycles. The van der Waals surface area contributed by atoms with E-state index in [1.165, 1.54) is 16.3 Å². The van der Waals surface area contributed by atoms with Crippen LogP contribution in [-0.4, -0.2) is 36.5 Å². The van der Waals surface area contributed by atoms with Gasteiger partial charge >= 0.3 is 0 Å². The van der Waals surface area contributed by atoms with Crippen molar-refractivity contribution in [1.29, 1.82) is 0 Å². The van der Waals surface area contributed by atoms with Crippen LogP contribution in [-0.2, 0) is 10.2 Å². The van der Waals surface area contributed by atoms with Gasteiger partial charge in [0.05, 0.1) is 5.75 Å². The molecule has 0 unspecified atom stereocenters. The number of carbonyl (C=O) groups excluding carboxylic acids is 1. The van der Waals surface area contributed by atoms with E-state index in [0.717, 1.165) is 16.8 Å². The van der Waals surface area contributed by atoms with Crippen molar-refractivity contribution in [3.05, 3.63) is 45.4 Å². The third-order valence-corrected chi connectivity index (χ3v) is 4.88. The number of aromatic amines is 1. The van der Waals surface area contributed by atoms with Crippen LogP contribution >= 0.6 is 11.8 Å². The molecule has 0 saturated heterocycles. The van der Waals surface area contributed by atoms with Crippen LogP contribution in [0.1, 0.15) is 37.6 Å². The fourth-order valence-corrected chi connectivity index (χ4v) is 3.19. The number of H-pyrrole nitrogens is 1. The van der Waals surface area contributed by atoms with Crippen LogP contribution in [0, 0.1) is 13.8 Å². The second kappa shape index (κ2) is 7.15. The molecule has 0 fully saturated rings. The number of nitrogens with one attached hydrogen (secondary N) is 2. The Hall–Kier alpha value is -2.68. The smallest absolute Gasteiger partial charge is 0.274 e. The van der Waals surface area contributed by atoms with Crippen molar-refractivity contribution in [2.45, 2.75) is 45.2 Å². The van der Waals surface area contributed by atoms with Gasteiger partial charge in [0.25, 0.3) is 11.3 Å². The van der Waals surface area contributed by atoms with Crippen LogP contribution in [0.25, 0.3) is 5.78 Å². The number of anilines is 1. The van der Waals surface area contributed by atoms with E-state index in [-0.39, 0.29) is 23.0 Å². The zero-order valence-corrected chi connectivity index (χ0v) is 16.8. The second-order valence-corrected chi connectivity index (χ2v) is 8.37. The average molecular weight is 386 g/mol. The lowest BCUT2D eigenvalue weighted by Crippen LogP contribution is -2.28. The first-order valence-electron chi connectivity index (χ1n) is 8.51. The van der Waals surface area contributed by atoms with Gasteiger partial charge in [0.1, 0.15) is 5.69 Å². The van der Waals surface area contributed by atoms with E-state index < -0.39 is 5.41 Å².